The molecule has 0 spiro atoms. The van der Waals surface area contributed by atoms with Crippen molar-refractivity contribution in [1.29, 1.82) is 0 Å². The van der Waals surface area contributed by atoms with Crippen LogP contribution in [0.1, 0.15) is 5.56 Å². The number of rotatable bonds is 6. The fourth-order valence-electron chi connectivity index (χ4n) is 2.25. The molecule has 3 rings (SSSR count). The smallest absolute Gasteiger partial charge is 0.210 e. The summed E-state index contributed by atoms with van der Waals surface area (Å²) in [7, 11) is 1.66. The second-order valence-corrected chi connectivity index (χ2v) is 6.57. The van der Waals surface area contributed by atoms with Crippen LogP contribution in [0.3, 0.4) is 0 Å². The van der Waals surface area contributed by atoms with Crippen molar-refractivity contribution in [2.45, 2.75) is 11.6 Å². The first-order chi connectivity index (χ1) is 11.7. The number of aromatic nitrogens is 3. The molecule has 124 valence electrons. The highest BCUT2D eigenvalue weighted by molar-refractivity contribution is 7.99. The van der Waals surface area contributed by atoms with Gasteiger partial charge in [-0.2, -0.15) is 0 Å². The molecule has 0 saturated heterocycles. The number of thioether (sulfide) groups is 1. The van der Waals surface area contributed by atoms with Crippen LogP contribution in [0.25, 0.3) is 11.4 Å². The molecule has 0 aliphatic carbocycles. The summed E-state index contributed by atoms with van der Waals surface area (Å²) in [6, 6.07) is 15.5. The van der Waals surface area contributed by atoms with Crippen LogP contribution in [0, 0.1) is 0 Å². The van der Waals surface area contributed by atoms with E-state index >= 15 is 0 Å². The third-order valence-electron chi connectivity index (χ3n) is 3.56. The first kappa shape index (κ1) is 16.7. The summed E-state index contributed by atoms with van der Waals surface area (Å²) >= 11 is 7.76. The zero-order chi connectivity index (χ0) is 16.9. The van der Waals surface area contributed by atoms with Crippen LogP contribution < -0.4 is 10.6 Å². The van der Waals surface area contributed by atoms with Crippen LogP contribution in [0.2, 0.25) is 5.02 Å². The van der Waals surface area contributed by atoms with Crippen molar-refractivity contribution >= 4 is 23.4 Å². The van der Waals surface area contributed by atoms with Crippen LogP contribution >= 0.6 is 23.4 Å². The number of ether oxygens (including phenoxy) is 1. The minimum Gasteiger partial charge on any atom is -0.497 e. The summed E-state index contributed by atoms with van der Waals surface area (Å²) in [6.07, 6.45) is 0.906. The minimum absolute atomic E-state index is 0.563. The summed E-state index contributed by atoms with van der Waals surface area (Å²) in [6.45, 7) is 0. The van der Waals surface area contributed by atoms with Gasteiger partial charge >= 0.3 is 0 Å². The number of nitrogens with two attached hydrogens (primary N) is 1. The maximum atomic E-state index is 6.20. The molecule has 0 bridgehead atoms. The van der Waals surface area contributed by atoms with E-state index in [0.29, 0.717) is 16.0 Å². The molecule has 2 aromatic carbocycles. The van der Waals surface area contributed by atoms with E-state index in [9.17, 15) is 0 Å². The Morgan fingerprint density at radius 1 is 1.12 bits per heavy atom. The molecule has 0 aliphatic rings. The molecule has 1 aromatic heterocycles. The van der Waals surface area contributed by atoms with E-state index in [0.717, 1.165) is 23.5 Å². The minimum atomic E-state index is 0.563. The van der Waals surface area contributed by atoms with Crippen molar-refractivity contribution in [3.63, 3.8) is 0 Å². The molecule has 0 atom stereocenters. The molecule has 0 amide bonds. The molecular formula is C17H17ClN4OS. The van der Waals surface area contributed by atoms with Gasteiger partial charge in [-0.25, -0.2) is 4.68 Å². The molecule has 0 saturated carbocycles. The molecular weight excluding hydrogens is 344 g/mol. The van der Waals surface area contributed by atoms with E-state index in [4.69, 9.17) is 22.2 Å². The number of halogens is 1. The van der Waals surface area contributed by atoms with Gasteiger partial charge in [-0.3, -0.25) is 0 Å². The Morgan fingerprint density at radius 2 is 1.88 bits per heavy atom. The third-order valence-corrected chi connectivity index (χ3v) is 4.83. The molecule has 3 aromatic rings. The Balaban J connectivity index is 1.65. The van der Waals surface area contributed by atoms with E-state index < -0.39 is 0 Å². The predicted molar refractivity (Wildman–Crippen MR) is 98.0 cm³/mol. The van der Waals surface area contributed by atoms with Crippen molar-refractivity contribution in [1.82, 2.24) is 14.9 Å². The van der Waals surface area contributed by atoms with E-state index in [1.165, 1.54) is 10.2 Å². The van der Waals surface area contributed by atoms with Gasteiger partial charge in [0.05, 0.1) is 12.1 Å². The van der Waals surface area contributed by atoms with Crippen molar-refractivity contribution in [2.24, 2.45) is 0 Å². The van der Waals surface area contributed by atoms with Crippen LogP contribution in [0.15, 0.2) is 53.7 Å². The van der Waals surface area contributed by atoms with Crippen LogP contribution in [-0.2, 0) is 6.42 Å². The Bertz CT molecular complexity index is 820. The average Bonchev–Trinajstić information content (AvgIpc) is 2.97. The number of methoxy groups -OCH3 is 1. The topological polar surface area (TPSA) is 66.0 Å². The molecule has 0 unspecified atom stereocenters. The lowest BCUT2D eigenvalue weighted by Crippen LogP contribution is -2.12. The summed E-state index contributed by atoms with van der Waals surface area (Å²) in [5.41, 5.74) is 2.01. The van der Waals surface area contributed by atoms with Crippen molar-refractivity contribution in [3.8, 4) is 17.1 Å². The standard InChI is InChI=1S/C17H17ClN4OS/c1-23-13-8-6-12(7-9-13)10-11-24-17-21-20-16(22(17)19)14-4-2-3-5-15(14)18/h2-9H,10-11,19H2,1H3. The Kier molecular flexibility index (Phi) is 5.27. The highest BCUT2D eigenvalue weighted by Gasteiger charge is 2.14. The first-order valence-corrected chi connectivity index (χ1v) is 8.76. The fourth-order valence-corrected chi connectivity index (χ4v) is 3.32. The van der Waals surface area contributed by atoms with Crippen molar-refractivity contribution < 1.29 is 4.74 Å². The number of nitrogen functional groups attached to an aromatic ring is 1. The molecule has 0 radical (unpaired) electrons. The lowest BCUT2D eigenvalue weighted by Gasteiger charge is -2.05. The molecule has 0 aliphatic heterocycles. The largest absolute Gasteiger partial charge is 0.497 e. The number of nitrogens with zero attached hydrogens (tertiary/aromatic N) is 3. The molecule has 7 heteroatoms. The Hall–Kier alpha value is -2.18. The monoisotopic (exact) mass is 360 g/mol. The SMILES string of the molecule is COc1ccc(CCSc2nnc(-c3ccccc3Cl)n2N)cc1. The summed E-state index contributed by atoms with van der Waals surface area (Å²) in [5.74, 6) is 8.39. The van der Waals surface area contributed by atoms with Gasteiger partial charge in [0.25, 0.3) is 0 Å². The summed E-state index contributed by atoms with van der Waals surface area (Å²) in [5, 5.41) is 9.59. The highest BCUT2D eigenvalue weighted by Crippen LogP contribution is 2.27. The summed E-state index contributed by atoms with van der Waals surface area (Å²) in [4.78, 5) is 0. The van der Waals surface area contributed by atoms with E-state index in [-0.39, 0.29) is 0 Å². The van der Waals surface area contributed by atoms with Gasteiger partial charge in [0, 0.05) is 11.3 Å². The Labute approximate surface area is 149 Å². The van der Waals surface area contributed by atoms with Gasteiger partial charge in [0.2, 0.25) is 5.16 Å². The summed E-state index contributed by atoms with van der Waals surface area (Å²) < 4.78 is 6.65. The van der Waals surface area contributed by atoms with Gasteiger partial charge in [-0.05, 0) is 36.2 Å². The van der Waals surface area contributed by atoms with E-state index in [1.54, 1.807) is 18.9 Å². The van der Waals surface area contributed by atoms with Gasteiger partial charge in [0.15, 0.2) is 5.82 Å². The number of benzene rings is 2. The normalized spacial score (nSPS) is 10.8. The second kappa shape index (κ2) is 7.59. The molecule has 24 heavy (non-hydrogen) atoms. The van der Waals surface area contributed by atoms with E-state index in [1.807, 2.05) is 36.4 Å². The fraction of sp³-hybridized carbons (Fsp3) is 0.176. The lowest BCUT2D eigenvalue weighted by atomic mass is 10.2. The lowest BCUT2D eigenvalue weighted by molar-refractivity contribution is 0.414. The van der Waals surface area contributed by atoms with Crippen LogP contribution in [-0.4, -0.2) is 27.7 Å². The molecule has 5 nitrogen and oxygen atoms in total. The zero-order valence-electron chi connectivity index (χ0n) is 13.1. The van der Waals surface area contributed by atoms with Gasteiger partial charge in [-0.15, -0.1) is 10.2 Å². The highest BCUT2D eigenvalue weighted by atomic mass is 35.5. The number of hydrogen-bond acceptors (Lipinski definition) is 5. The number of hydrogen-bond donors (Lipinski definition) is 1. The van der Waals surface area contributed by atoms with Gasteiger partial charge < -0.3 is 10.6 Å². The number of aryl methyl sites for hydroxylation is 1. The predicted octanol–water partition coefficient (Wildman–Crippen LogP) is 3.66. The second-order valence-electron chi connectivity index (χ2n) is 5.10. The van der Waals surface area contributed by atoms with Gasteiger partial charge in [0.1, 0.15) is 5.75 Å². The maximum Gasteiger partial charge on any atom is 0.210 e. The molecule has 0 fully saturated rings. The van der Waals surface area contributed by atoms with E-state index in [2.05, 4.69) is 22.3 Å². The van der Waals surface area contributed by atoms with Crippen molar-refractivity contribution in [2.75, 3.05) is 18.7 Å². The van der Waals surface area contributed by atoms with Gasteiger partial charge in [-0.1, -0.05) is 47.6 Å². The van der Waals surface area contributed by atoms with Crippen molar-refractivity contribution in [3.05, 3.63) is 59.1 Å². The molecule has 1 heterocycles. The zero-order valence-corrected chi connectivity index (χ0v) is 14.7. The maximum absolute atomic E-state index is 6.20. The Morgan fingerprint density at radius 3 is 2.58 bits per heavy atom. The average molecular weight is 361 g/mol. The first-order valence-electron chi connectivity index (χ1n) is 7.40. The van der Waals surface area contributed by atoms with Crippen LogP contribution in [0.4, 0.5) is 0 Å². The third kappa shape index (κ3) is 3.66. The quantitative estimate of drug-likeness (QED) is 0.536. The molecule has 2 N–H and O–H groups in total. The van der Waals surface area contributed by atoms with Crippen LogP contribution in [0.5, 0.6) is 5.75 Å².